The number of nitrogens with zero attached hydrogens (tertiary/aromatic N) is 3. The quantitative estimate of drug-likeness (QED) is 0.639. The van der Waals surface area contributed by atoms with Gasteiger partial charge in [-0.1, -0.05) is 11.3 Å². The lowest BCUT2D eigenvalue weighted by Crippen LogP contribution is -1.97. The maximum absolute atomic E-state index is 13.3. The monoisotopic (exact) mass is 289 g/mol. The second-order valence-electron chi connectivity index (χ2n) is 3.11. The molecule has 94 valence electrons. The normalized spacial score (nSPS) is 10.3. The zero-order valence-electron chi connectivity index (χ0n) is 8.67. The van der Waals surface area contributed by atoms with Crippen LogP contribution in [0.25, 0.3) is 0 Å². The second-order valence-corrected chi connectivity index (χ2v) is 4.75. The minimum absolute atomic E-state index is 0.0711. The fourth-order valence-corrected chi connectivity index (χ4v) is 1.94. The first-order valence-corrected chi connectivity index (χ1v) is 5.80. The molecule has 0 aliphatic rings. The molecule has 0 atom stereocenters. The Morgan fingerprint density at radius 2 is 2.28 bits per heavy atom. The molecule has 0 unspecified atom stereocenters. The lowest BCUT2D eigenvalue weighted by Gasteiger charge is -2.03. The summed E-state index contributed by atoms with van der Waals surface area (Å²) in [5.74, 6) is -0.780. The topological polar surface area (TPSA) is 78.2 Å². The van der Waals surface area contributed by atoms with Crippen LogP contribution in [0.5, 0.6) is 5.75 Å². The van der Waals surface area contributed by atoms with Gasteiger partial charge in [-0.2, -0.15) is 4.39 Å². The Balaban J connectivity index is 2.06. The van der Waals surface area contributed by atoms with Crippen molar-refractivity contribution in [2.75, 3.05) is 0 Å². The van der Waals surface area contributed by atoms with E-state index in [9.17, 15) is 14.5 Å². The number of aromatic nitrogens is 2. The van der Waals surface area contributed by atoms with Gasteiger partial charge in [-0.15, -0.1) is 10.2 Å². The van der Waals surface area contributed by atoms with Gasteiger partial charge in [0.25, 0.3) is 0 Å². The maximum Gasteiger partial charge on any atom is 0.305 e. The van der Waals surface area contributed by atoms with Crippen molar-refractivity contribution < 1.29 is 14.1 Å². The molecule has 2 aromatic rings. The summed E-state index contributed by atoms with van der Waals surface area (Å²) in [6.45, 7) is 0.0711. The van der Waals surface area contributed by atoms with Crippen molar-refractivity contribution in [2.24, 2.45) is 0 Å². The van der Waals surface area contributed by atoms with Crippen molar-refractivity contribution >= 4 is 28.6 Å². The van der Waals surface area contributed by atoms with Gasteiger partial charge < -0.3 is 4.74 Å². The first kappa shape index (κ1) is 12.7. The predicted octanol–water partition coefficient (Wildman–Crippen LogP) is 2.82. The van der Waals surface area contributed by atoms with E-state index in [2.05, 4.69) is 10.2 Å². The molecule has 0 saturated carbocycles. The highest BCUT2D eigenvalue weighted by Crippen LogP contribution is 2.23. The Bertz CT molecular complexity index is 592. The van der Waals surface area contributed by atoms with E-state index in [1.165, 1.54) is 6.07 Å². The fraction of sp³-hybridized carbons (Fsp3) is 0.111. The minimum Gasteiger partial charge on any atom is -0.486 e. The zero-order chi connectivity index (χ0) is 13.1. The number of hydrogen-bond donors (Lipinski definition) is 0. The van der Waals surface area contributed by atoms with Gasteiger partial charge in [0.1, 0.15) is 12.4 Å². The Hall–Kier alpha value is -1.80. The van der Waals surface area contributed by atoms with Crippen LogP contribution in [0, 0.1) is 15.9 Å². The smallest absolute Gasteiger partial charge is 0.305 e. The molecule has 1 heterocycles. The summed E-state index contributed by atoms with van der Waals surface area (Å²) in [6, 6.07) is 3.29. The van der Waals surface area contributed by atoms with Crippen molar-refractivity contribution in [1.29, 1.82) is 0 Å². The van der Waals surface area contributed by atoms with Crippen LogP contribution in [-0.2, 0) is 6.61 Å². The lowest BCUT2D eigenvalue weighted by atomic mass is 10.3. The van der Waals surface area contributed by atoms with Crippen molar-refractivity contribution in [1.82, 2.24) is 10.2 Å². The molecule has 2 rings (SSSR count). The molecule has 1 aromatic carbocycles. The first-order valence-electron chi connectivity index (χ1n) is 4.61. The number of rotatable bonds is 4. The molecular formula is C9H5ClFN3O3S. The van der Waals surface area contributed by atoms with E-state index < -0.39 is 16.4 Å². The summed E-state index contributed by atoms with van der Waals surface area (Å²) in [7, 11) is 0. The SMILES string of the molecule is O=[N+]([O-])c1ccc(OCc2nnc(Cl)s2)cc1F. The molecule has 0 fully saturated rings. The van der Waals surface area contributed by atoms with E-state index in [0.717, 1.165) is 23.5 Å². The van der Waals surface area contributed by atoms with E-state index >= 15 is 0 Å². The lowest BCUT2D eigenvalue weighted by molar-refractivity contribution is -0.387. The average molecular weight is 290 g/mol. The number of nitro groups is 1. The van der Waals surface area contributed by atoms with E-state index in [4.69, 9.17) is 16.3 Å². The van der Waals surface area contributed by atoms with Crippen molar-refractivity contribution in [3.8, 4) is 5.75 Å². The number of halogens is 2. The van der Waals surface area contributed by atoms with Gasteiger partial charge in [-0.25, -0.2) is 0 Å². The van der Waals surface area contributed by atoms with Crippen LogP contribution < -0.4 is 4.74 Å². The fourth-order valence-electron chi connectivity index (χ4n) is 1.16. The Labute approximate surface area is 109 Å². The van der Waals surface area contributed by atoms with E-state index in [0.29, 0.717) is 5.01 Å². The highest BCUT2D eigenvalue weighted by molar-refractivity contribution is 7.15. The Kier molecular flexibility index (Phi) is 3.68. The van der Waals surface area contributed by atoms with Crippen LogP contribution in [0.3, 0.4) is 0 Å². The van der Waals surface area contributed by atoms with Gasteiger partial charge in [0, 0.05) is 12.1 Å². The summed E-state index contributed by atoms with van der Waals surface area (Å²) < 4.78 is 18.8. The summed E-state index contributed by atoms with van der Waals surface area (Å²) in [4.78, 5) is 9.61. The number of ether oxygens (including phenoxy) is 1. The maximum atomic E-state index is 13.3. The van der Waals surface area contributed by atoms with E-state index in [-0.39, 0.29) is 16.8 Å². The third-order valence-electron chi connectivity index (χ3n) is 1.92. The van der Waals surface area contributed by atoms with Gasteiger partial charge in [-0.05, 0) is 17.7 Å². The third-order valence-corrected chi connectivity index (χ3v) is 2.91. The van der Waals surface area contributed by atoms with E-state index in [1.54, 1.807) is 0 Å². The average Bonchev–Trinajstić information content (AvgIpc) is 2.72. The van der Waals surface area contributed by atoms with Gasteiger partial charge >= 0.3 is 5.69 Å². The summed E-state index contributed by atoms with van der Waals surface area (Å²) in [5.41, 5.74) is -0.596. The zero-order valence-corrected chi connectivity index (χ0v) is 10.2. The van der Waals surface area contributed by atoms with Crippen molar-refractivity contribution in [3.05, 3.63) is 43.6 Å². The van der Waals surface area contributed by atoms with Gasteiger partial charge in [0.15, 0.2) is 5.01 Å². The molecule has 0 aliphatic heterocycles. The van der Waals surface area contributed by atoms with Crippen LogP contribution in [0.15, 0.2) is 18.2 Å². The molecule has 1 aromatic heterocycles. The standard InChI is InChI=1S/C9H5ClFN3O3S/c10-9-13-12-8(18-9)4-17-5-1-2-7(14(15)16)6(11)3-5/h1-3H,4H2. The molecule has 0 spiro atoms. The van der Waals surface area contributed by atoms with Gasteiger partial charge in [0.05, 0.1) is 4.92 Å². The molecule has 0 N–H and O–H groups in total. The first-order chi connectivity index (χ1) is 8.56. The van der Waals surface area contributed by atoms with Crippen LogP contribution in [0.4, 0.5) is 10.1 Å². The third kappa shape index (κ3) is 2.90. The highest BCUT2D eigenvalue weighted by atomic mass is 35.5. The molecule has 9 heteroatoms. The molecular weight excluding hydrogens is 285 g/mol. The van der Waals surface area contributed by atoms with Crippen molar-refractivity contribution in [2.45, 2.75) is 6.61 Å². The molecule has 6 nitrogen and oxygen atoms in total. The highest BCUT2D eigenvalue weighted by Gasteiger charge is 2.14. The molecule has 0 saturated heterocycles. The second kappa shape index (κ2) is 5.23. The largest absolute Gasteiger partial charge is 0.486 e. The Morgan fingerprint density at radius 3 is 2.83 bits per heavy atom. The van der Waals surface area contributed by atoms with Gasteiger partial charge in [0.2, 0.25) is 10.3 Å². The predicted molar refractivity (Wildman–Crippen MR) is 62.3 cm³/mol. The Morgan fingerprint density at radius 1 is 1.50 bits per heavy atom. The molecule has 0 amide bonds. The summed E-state index contributed by atoms with van der Waals surface area (Å²) in [6.07, 6.45) is 0. The van der Waals surface area contributed by atoms with Gasteiger partial charge in [-0.3, -0.25) is 10.1 Å². The molecule has 18 heavy (non-hydrogen) atoms. The molecule has 0 radical (unpaired) electrons. The number of hydrogen-bond acceptors (Lipinski definition) is 6. The van der Waals surface area contributed by atoms with Crippen LogP contribution in [0.1, 0.15) is 5.01 Å². The minimum atomic E-state index is -0.951. The number of benzene rings is 1. The van der Waals surface area contributed by atoms with E-state index in [1.807, 2.05) is 0 Å². The van der Waals surface area contributed by atoms with Crippen LogP contribution in [0.2, 0.25) is 4.47 Å². The van der Waals surface area contributed by atoms with Crippen molar-refractivity contribution in [3.63, 3.8) is 0 Å². The molecule has 0 aliphatic carbocycles. The number of nitro benzene ring substituents is 1. The summed E-state index contributed by atoms with van der Waals surface area (Å²) in [5, 5.41) is 18.2. The molecule has 0 bridgehead atoms. The van der Waals surface area contributed by atoms with Crippen LogP contribution in [-0.4, -0.2) is 15.1 Å². The summed E-state index contributed by atoms with van der Waals surface area (Å²) >= 11 is 6.71. The van der Waals surface area contributed by atoms with Crippen LogP contribution >= 0.6 is 22.9 Å².